The molecule has 0 spiro atoms. The topological polar surface area (TPSA) is 40.6 Å². The summed E-state index contributed by atoms with van der Waals surface area (Å²) in [6, 6.07) is 4.50. The quantitative estimate of drug-likeness (QED) is 0.857. The number of hydrogen-bond acceptors (Lipinski definition) is 3. The van der Waals surface area contributed by atoms with Gasteiger partial charge in [0.1, 0.15) is 4.90 Å². The van der Waals surface area contributed by atoms with Crippen molar-refractivity contribution >= 4 is 33.2 Å². The maximum atomic E-state index is 12.5. The summed E-state index contributed by atoms with van der Waals surface area (Å²) in [6.45, 7) is 5.46. The van der Waals surface area contributed by atoms with Crippen LogP contribution in [0.25, 0.3) is 0 Å². The zero-order chi connectivity index (χ0) is 14.0. The van der Waals surface area contributed by atoms with E-state index in [1.54, 1.807) is 6.07 Å². The molecule has 106 valence electrons. The SMILES string of the molecule is CCN1CCN(S(=O)(=O)c2cc(Cl)ccc2Cl)CC1. The highest BCUT2D eigenvalue weighted by Gasteiger charge is 2.29. The molecule has 1 aliphatic heterocycles. The largest absolute Gasteiger partial charge is 0.301 e. The first-order valence-electron chi connectivity index (χ1n) is 6.12. The Bertz CT molecular complexity index is 555. The van der Waals surface area contributed by atoms with Crippen molar-refractivity contribution in [2.75, 3.05) is 32.7 Å². The molecule has 1 heterocycles. The minimum absolute atomic E-state index is 0.0895. The first kappa shape index (κ1) is 15.1. The van der Waals surface area contributed by atoms with E-state index in [0.29, 0.717) is 18.1 Å². The number of hydrogen-bond donors (Lipinski definition) is 0. The third-order valence-electron chi connectivity index (χ3n) is 3.29. The molecule has 2 rings (SSSR count). The van der Waals surface area contributed by atoms with E-state index in [9.17, 15) is 8.42 Å². The predicted molar refractivity (Wildman–Crippen MR) is 77.3 cm³/mol. The van der Waals surface area contributed by atoms with Gasteiger partial charge in [0.15, 0.2) is 0 Å². The van der Waals surface area contributed by atoms with Crippen molar-refractivity contribution in [1.82, 2.24) is 9.21 Å². The summed E-state index contributed by atoms with van der Waals surface area (Å²) in [6.07, 6.45) is 0. The Morgan fingerprint density at radius 3 is 2.37 bits per heavy atom. The van der Waals surface area contributed by atoms with Crippen molar-refractivity contribution in [3.8, 4) is 0 Å². The van der Waals surface area contributed by atoms with E-state index in [-0.39, 0.29) is 9.92 Å². The zero-order valence-corrected chi connectivity index (χ0v) is 13.0. The highest BCUT2D eigenvalue weighted by molar-refractivity contribution is 7.89. The highest BCUT2D eigenvalue weighted by atomic mass is 35.5. The molecule has 0 aromatic heterocycles. The third-order valence-corrected chi connectivity index (χ3v) is 5.90. The predicted octanol–water partition coefficient (Wildman–Crippen LogP) is 2.32. The van der Waals surface area contributed by atoms with Crippen molar-refractivity contribution in [2.24, 2.45) is 0 Å². The van der Waals surface area contributed by atoms with E-state index in [1.807, 2.05) is 0 Å². The lowest BCUT2D eigenvalue weighted by Gasteiger charge is -2.33. The van der Waals surface area contributed by atoms with Crippen LogP contribution in [-0.4, -0.2) is 50.3 Å². The molecule has 0 radical (unpaired) electrons. The van der Waals surface area contributed by atoms with Crippen LogP contribution in [0.4, 0.5) is 0 Å². The number of rotatable bonds is 3. The van der Waals surface area contributed by atoms with E-state index in [2.05, 4.69) is 11.8 Å². The zero-order valence-electron chi connectivity index (χ0n) is 10.6. The monoisotopic (exact) mass is 322 g/mol. The molecule has 0 saturated carbocycles. The second-order valence-electron chi connectivity index (χ2n) is 4.41. The lowest BCUT2D eigenvalue weighted by Crippen LogP contribution is -2.48. The summed E-state index contributed by atoms with van der Waals surface area (Å²) < 4.78 is 26.5. The number of sulfonamides is 1. The number of likely N-dealkylation sites (N-methyl/N-ethyl adjacent to an activating group) is 1. The van der Waals surface area contributed by atoms with Gasteiger partial charge in [-0.3, -0.25) is 0 Å². The number of piperazine rings is 1. The van der Waals surface area contributed by atoms with Crippen LogP contribution >= 0.6 is 23.2 Å². The Morgan fingerprint density at radius 2 is 1.79 bits per heavy atom. The molecule has 7 heteroatoms. The van der Waals surface area contributed by atoms with Crippen LogP contribution in [0, 0.1) is 0 Å². The molecule has 4 nitrogen and oxygen atoms in total. The highest BCUT2D eigenvalue weighted by Crippen LogP contribution is 2.28. The fourth-order valence-corrected chi connectivity index (χ4v) is 4.26. The second kappa shape index (κ2) is 5.97. The van der Waals surface area contributed by atoms with Gasteiger partial charge < -0.3 is 4.90 Å². The normalized spacial score (nSPS) is 18.7. The van der Waals surface area contributed by atoms with Crippen LogP contribution < -0.4 is 0 Å². The molecule has 1 aromatic rings. The van der Waals surface area contributed by atoms with Gasteiger partial charge in [-0.15, -0.1) is 0 Å². The van der Waals surface area contributed by atoms with Crippen LogP contribution in [0.1, 0.15) is 6.92 Å². The van der Waals surface area contributed by atoms with Gasteiger partial charge in [0.25, 0.3) is 0 Å². The molecule has 1 saturated heterocycles. The number of benzene rings is 1. The van der Waals surface area contributed by atoms with Crippen LogP contribution in [0.15, 0.2) is 23.1 Å². The summed E-state index contributed by atoms with van der Waals surface area (Å²) in [5.41, 5.74) is 0. The Balaban J connectivity index is 2.26. The summed E-state index contributed by atoms with van der Waals surface area (Å²) in [7, 11) is -3.56. The minimum Gasteiger partial charge on any atom is -0.301 e. The molecule has 0 unspecified atom stereocenters. The van der Waals surface area contributed by atoms with Crippen LogP contribution in [-0.2, 0) is 10.0 Å². The lowest BCUT2D eigenvalue weighted by molar-refractivity contribution is 0.196. The van der Waals surface area contributed by atoms with Gasteiger partial charge in [0, 0.05) is 31.2 Å². The Hall–Kier alpha value is -0.330. The molecule has 0 bridgehead atoms. The van der Waals surface area contributed by atoms with Crippen molar-refractivity contribution in [2.45, 2.75) is 11.8 Å². The Morgan fingerprint density at radius 1 is 1.16 bits per heavy atom. The minimum atomic E-state index is -3.56. The Labute approximate surface area is 124 Å². The standard InChI is InChI=1S/C12H16Cl2N2O2S/c1-2-15-5-7-16(8-6-15)19(17,18)12-9-10(13)3-4-11(12)14/h3-4,9H,2,5-8H2,1H3. The van der Waals surface area contributed by atoms with Crippen LogP contribution in [0.5, 0.6) is 0 Å². The first-order chi connectivity index (χ1) is 8.95. The van der Waals surface area contributed by atoms with Crippen LogP contribution in [0.3, 0.4) is 0 Å². The molecule has 0 aliphatic carbocycles. The van der Waals surface area contributed by atoms with Gasteiger partial charge in [-0.25, -0.2) is 8.42 Å². The smallest absolute Gasteiger partial charge is 0.244 e. The van der Waals surface area contributed by atoms with Gasteiger partial charge in [-0.2, -0.15) is 4.31 Å². The van der Waals surface area contributed by atoms with Gasteiger partial charge in [0.2, 0.25) is 10.0 Å². The molecular weight excluding hydrogens is 307 g/mol. The molecular formula is C12H16Cl2N2O2S. The van der Waals surface area contributed by atoms with Gasteiger partial charge >= 0.3 is 0 Å². The molecule has 1 aliphatic rings. The van der Waals surface area contributed by atoms with E-state index < -0.39 is 10.0 Å². The van der Waals surface area contributed by atoms with E-state index in [1.165, 1.54) is 16.4 Å². The van der Waals surface area contributed by atoms with Gasteiger partial charge in [-0.1, -0.05) is 30.1 Å². The van der Waals surface area contributed by atoms with Gasteiger partial charge in [-0.05, 0) is 24.7 Å². The van der Waals surface area contributed by atoms with Crippen molar-refractivity contribution in [3.63, 3.8) is 0 Å². The van der Waals surface area contributed by atoms with Crippen molar-refractivity contribution in [3.05, 3.63) is 28.2 Å². The lowest BCUT2D eigenvalue weighted by atomic mass is 10.4. The number of nitrogens with zero attached hydrogens (tertiary/aromatic N) is 2. The fourth-order valence-electron chi connectivity index (χ4n) is 2.10. The molecule has 1 fully saturated rings. The van der Waals surface area contributed by atoms with E-state index in [0.717, 1.165) is 19.6 Å². The average Bonchev–Trinajstić information content (AvgIpc) is 2.41. The molecule has 19 heavy (non-hydrogen) atoms. The summed E-state index contributed by atoms with van der Waals surface area (Å²) in [5, 5.41) is 0.581. The third kappa shape index (κ3) is 3.23. The van der Waals surface area contributed by atoms with Crippen molar-refractivity contribution in [1.29, 1.82) is 0 Å². The summed E-state index contributed by atoms with van der Waals surface area (Å²) in [5.74, 6) is 0. The average molecular weight is 323 g/mol. The molecule has 0 atom stereocenters. The second-order valence-corrected chi connectivity index (χ2v) is 7.16. The summed E-state index contributed by atoms with van der Waals surface area (Å²) >= 11 is 11.8. The van der Waals surface area contributed by atoms with E-state index in [4.69, 9.17) is 23.2 Å². The fraction of sp³-hybridized carbons (Fsp3) is 0.500. The van der Waals surface area contributed by atoms with Crippen molar-refractivity contribution < 1.29 is 8.42 Å². The summed E-state index contributed by atoms with van der Waals surface area (Å²) in [4.78, 5) is 2.30. The molecule has 0 amide bonds. The maximum absolute atomic E-state index is 12.5. The van der Waals surface area contributed by atoms with E-state index >= 15 is 0 Å². The maximum Gasteiger partial charge on any atom is 0.244 e. The van der Waals surface area contributed by atoms with Gasteiger partial charge in [0.05, 0.1) is 5.02 Å². The molecule has 0 N–H and O–H groups in total. The van der Waals surface area contributed by atoms with Crippen LogP contribution in [0.2, 0.25) is 10.0 Å². The Kier molecular flexibility index (Phi) is 4.74. The molecule has 1 aromatic carbocycles. The first-order valence-corrected chi connectivity index (χ1v) is 8.32. The number of halogens is 2.